The van der Waals surface area contributed by atoms with Gasteiger partial charge in [-0.05, 0) is 55.3 Å². The number of pyridine rings is 1. The second kappa shape index (κ2) is 12.3. The lowest BCUT2D eigenvalue weighted by Gasteiger charge is -2.15. The lowest BCUT2D eigenvalue weighted by atomic mass is 10.1. The zero-order valence-corrected chi connectivity index (χ0v) is 24.4. The van der Waals surface area contributed by atoms with Crippen LogP contribution >= 0.6 is 11.3 Å². The highest BCUT2D eigenvalue weighted by Crippen LogP contribution is 2.36. The molecule has 0 spiro atoms. The van der Waals surface area contributed by atoms with Gasteiger partial charge in [0.15, 0.2) is 5.13 Å². The average molecular weight is 632 g/mol. The van der Waals surface area contributed by atoms with Crippen LogP contribution in [0.25, 0.3) is 21.7 Å². The molecule has 6 rings (SSSR count). The van der Waals surface area contributed by atoms with Gasteiger partial charge in [-0.1, -0.05) is 35.1 Å². The van der Waals surface area contributed by atoms with Crippen molar-refractivity contribution in [3.63, 3.8) is 0 Å². The molecule has 3 amide bonds. The van der Waals surface area contributed by atoms with Crippen molar-refractivity contribution >= 4 is 39.8 Å². The van der Waals surface area contributed by atoms with Crippen LogP contribution in [-0.2, 0) is 11.0 Å². The number of carbonyl (C=O) groups is 2. The maximum absolute atomic E-state index is 13.4. The Morgan fingerprint density at radius 1 is 0.933 bits per heavy atom. The van der Waals surface area contributed by atoms with E-state index in [0.717, 1.165) is 34.7 Å². The molecule has 1 fully saturated rings. The maximum Gasteiger partial charge on any atom is 0.417 e. The van der Waals surface area contributed by atoms with Crippen LogP contribution in [0.3, 0.4) is 0 Å². The van der Waals surface area contributed by atoms with Gasteiger partial charge >= 0.3 is 18.2 Å². The molecule has 14 heteroatoms. The molecule has 228 valence electrons. The van der Waals surface area contributed by atoms with E-state index in [-0.39, 0.29) is 29.0 Å². The Morgan fingerprint density at radius 2 is 1.71 bits per heavy atom. The monoisotopic (exact) mass is 631 g/mol. The smallest absolute Gasteiger partial charge is 0.417 e. The van der Waals surface area contributed by atoms with Gasteiger partial charge in [-0.15, -0.1) is 0 Å². The van der Waals surface area contributed by atoms with Crippen LogP contribution in [0.15, 0.2) is 79.4 Å². The van der Waals surface area contributed by atoms with E-state index in [1.54, 1.807) is 41.4 Å². The molecule has 10 nitrogen and oxygen atoms in total. The van der Waals surface area contributed by atoms with E-state index in [0.29, 0.717) is 29.4 Å². The minimum atomic E-state index is -4.64. The standard InChI is InChI=1S/C31H24F3N7O3S/c1-18-4-2-5-20(12-18)27-24(13-21(14-35-27)31(32,33)34)40-28(43)39-22-15-36-29(37-16-22)44-23-9-7-19(8-10-23)25-17-38-30(45-25)41-11-3-6-26(41)42/h2,4-5,7-10,12-17H,3,6,11H2,1H3,(H2,39,40,43). The summed E-state index contributed by atoms with van der Waals surface area (Å²) >= 11 is 1.44. The second-order valence-electron chi connectivity index (χ2n) is 10.1. The molecule has 0 saturated carbocycles. The summed E-state index contributed by atoms with van der Waals surface area (Å²) in [5, 5.41) is 5.65. The molecule has 3 aromatic heterocycles. The van der Waals surface area contributed by atoms with Crippen molar-refractivity contribution < 1.29 is 27.5 Å². The van der Waals surface area contributed by atoms with Crippen LogP contribution in [0.5, 0.6) is 11.8 Å². The fourth-order valence-corrected chi connectivity index (χ4v) is 5.59. The molecule has 0 bridgehead atoms. The highest BCUT2D eigenvalue weighted by Gasteiger charge is 2.32. The highest BCUT2D eigenvalue weighted by atomic mass is 32.1. The van der Waals surface area contributed by atoms with Crippen LogP contribution in [-0.4, -0.2) is 38.4 Å². The second-order valence-corrected chi connectivity index (χ2v) is 11.1. The first-order valence-electron chi connectivity index (χ1n) is 13.7. The minimum Gasteiger partial charge on any atom is -0.424 e. The number of urea groups is 1. The van der Waals surface area contributed by atoms with Gasteiger partial charge in [0, 0.05) is 30.9 Å². The fourth-order valence-electron chi connectivity index (χ4n) is 4.62. The first-order valence-corrected chi connectivity index (χ1v) is 14.5. The predicted octanol–water partition coefficient (Wildman–Crippen LogP) is 7.55. The summed E-state index contributed by atoms with van der Waals surface area (Å²) in [4.78, 5) is 44.0. The summed E-state index contributed by atoms with van der Waals surface area (Å²) in [6, 6.07) is 14.3. The van der Waals surface area contributed by atoms with Crippen molar-refractivity contribution in [3.05, 3.63) is 90.5 Å². The van der Waals surface area contributed by atoms with Crippen LogP contribution in [0, 0.1) is 6.92 Å². The molecule has 2 aromatic carbocycles. The van der Waals surface area contributed by atoms with Crippen LogP contribution < -0.4 is 20.3 Å². The molecule has 0 unspecified atom stereocenters. The van der Waals surface area contributed by atoms with Crippen LogP contribution in [0.2, 0.25) is 0 Å². The summed E-state index contributed by atoms with van der Waals surface area (Å²) in [5.41, 5.74) is 1.59. The van der Waals surface area contributed by atoms with E-state index < -0.39 is 17.8 Å². The molecule has 0 radical (unpaired) electrons. The Bertz CT molecular complexity index is 1860. The molecule has 1 saturated heterocycles. The molecule has 1 aliphatic heterocycles. The summed E-state index contributed by atoms with van der Waals surface area (Å²) in [6.07, 6.45) is 1.81. The normalized spacial score (nSPS) is 13.2. The lowest BCUT2D eigenvalue weighted by Crippen LogP contribution is -2.23. The number of hydrogen-bond donors (Lipinski definition) is 2. The van der Waals surface area contributed by atoms with Gasteiger partial charge in [-0.2, -0.15) is 13.2 Å². The molecule has 2 N–H and O–H groups in total. The zero-order valence-electron chi connectivity index (χ0n) is 23.6. The first kappa shape index (κ1) is 29.7. The van der Waals surface area contributed by atoms with E-state index >= 15 is 0 Å². The summed E-state index contributed by atoms with van der Waals surface area (Å²) in [6.45, 7) is 2.52. The summed E-state index contributed by atoms with van der Waals surface area (Å²) in [7, 11) is 0. The number of hydrogen-bond acceptors (Lipinski definition) is 8. The van der Waals surface area contributed by atoms with Gasteiger partial charge in [0.2, 0.25) is 5.91 Å². The maximum atomic E-state index is 13.4. The number of aromatic nitrogens is 4. The largest absolute Gasteiger partial charge is 0.424 e. The van der Waals surface area contributed by atoms with Crippen molar-refractivity contribution in [1.82, 2.24) is 19.9 Å². The van der Waals surface area contributed by atoms with Gasteiger partial charge in [0.1, 0.15) is 5.75 Å². The minimum absolute atomic E-state index is 0.0187. The number of carbonyl (C=O) groups excluding carboxylic acids is 2. The summed E-state index contributed by atoms with van der Waals surface area (Å²) in [5.74, 6) is 0.555. The third kappa shape index (κ3) is 6.91. The SMILES string of the molecule is Cc1cccc(-c2ncc(C(F)(F)F)cc2NC(=O)Nc2cnc(Oc3ccc(-c4cnc(N5CCCC5=O)s4)cc3)nc2)c1. The van der Waals surface area contributed by atoms with Gasteiger partial charge in [0.05, 0.1) is 39.9 Å². The average Bonchev–Trinajstić information content (AvgIpc) is 3.67. The predicted molar refractivity (Wildman–Crippen MR) is 163 cm³/mol. The number of anilines is 3. The molecule has 0 aliphatic carbocycles. The third-order valence-electron chi connectivity index (χ3n) is 6.79. The van der Waals surface area contributed by atoms with E-state index in [1.165, 1.54) is 23.7 Å². The van der Waals surface area contributed by atoms with Gasteiger partial charge < -0.3 is 15.4 Å². The molecule has 5 aromatic rings. The molecular formula is C31H24F3N7O3S. The Hall–Kier alpha value is -5.37. The van der Waals surface area contributed by atoms with E-state index in [1.807, 2.05) is 25.1 Å². The van der Waals surface area contributed by atoms with Gasteiger partial charge in [0.25, 0.3) is 0 Å². The van der Waals surface area contributed by atoms with Crippen molar-refractivity contribution in [3.8, 4) is 33.5 Å². The summed E-state index contributed by atoms with van der Waals surface area (Å²) < 4.78 is 45.9. The van der Waals surface area contributed by atoms with Crippen LogP contribution in [0.1, 0.15) is 24.0 Å². The number of benzene rings is 2. The number of thiazole rings is 1. The van der Waals surface area contributed by atoms with Crippen molar-refractivity contribution in [2.24, 2.45) is 0 Å². The number of nitrogens with one attached hydrogen (secondary N) is 2. The third-order valence-corrected chi connectivity index (χ3v) is 7.86. The van der Waals surface area contributed by atoms with Crippen molar-refractivity contribution in [2.75, 3.05) is 22.1 Å². The number of ether oxygens (including phenoxy) is 1. The van der Waals surface area contributed by atoms with Gasteiger partial charge in [-0.3, -0.25) is 14.7 Å². The molecule has 45 heavy (non-hydrogen) atoms. The Balaban J connectivity index is 1.10. The fraction of sp³-hybridized carbons (Fsp3) is 0.161. The number of nitrogens with zero attached hydrogens (tertiary/aromatic N) is 5. The number of halogens is 3. The van der Waals surface area contributed by atoms with Crippen molar-refractivity contribution in [2.45, 2.75) is 25.9 Å². The van der Waals surface area contributed by atoms with Crippen LogP contribution in [0.4, 0.5) is 34.5 Å². The number of rotatable bonds is 7. The Morgan fingerprint density at radius 3 is 2.40 bits per heavy atom. The molecule has 4 heterocycles. The topological polar surface area (TPSA) is 122 Å². The number of aryl methyl sites for hydroxylation is 1. The molecule has 1 aliphatic rings. The quantitative estimate of drug-likeness (QED) is 0.190. The number of alkyl halides is 3. The lowest BCUT2D eigenvalue weighted by molar-refractivity contribution is -0.137. The Labute approximate surface area is 259 Å². The first-order chi connectivity index (χ1) is 21.6. The Kier molecular flexibility index (Phi) is 8.13. The van der Waals surface area contributed by atoms with Gasteiger partial charge in [-0.25, -0.2) is 19.7 Å². The highest BCUT2D eigenvalue weighted by molar-refractivity contribution is 7.19. The van der Waals surface area contributed by atoms with E-state index in [2.05, 4.69) is 30.6 Å². The molecular weight excluding hydrogens is 607 g/mol. The molecule has 0 atom stereocenters. The number of amides is 3. The van der Waals surface area contributed by atoms with E-state index in [9.17, 15) is 22.8 Å². The van der Waals surface area contributed by atoms with E-state index in [4.69, 9.17) is 4.74 Å². The van der Waals surface area contributed by atoms with Crippen molar-refractivity contribution in [1.29, 1.82) is 0 Å². The zero-order chi connectivity index (χ0) is 31.6.